The fourth-order valence-electron chi connectivity index (χ4n) is 3.25. The number of barbiturate groups is 1. The second kappa shape index (κ2) is 9.97. The Kier molecular flexibility index (Phi) is 7.67. The molecule has 4 amide bonds. The summed E-state index contributed by atoms with van der Waals surface area (Å²) in [6, 6.07) is 7.90. The summed E-state index contributed by atoms with van der Waals surface area (Å²) < 4.78 is 0. The number of hydrogen-bond acceptors (Lipinski definition) is 4. The predicted octanol–water partition coefficient (Wildman–Crippen LogP) is 1.05. The predicted molar refractivity (Wildman–Crippen MR) is 105 cm³/mol. The number of rotatable bonds is 9. The van der Waals surface area contributed by atoms with Crippen LogP contribution in [-0.4, -0.2) is 49.7 Å². The van der Waals surface area contributed by atoms with Crippen molar-refractivity contribution in [1.29, 1.82) is 0 Å². The molecular formula is C20H29N4O3+. The highest BCUT2D eigenvalue weighted by atomic mass is 16.2. The number of imide groups is 2. The molecule has 0 radical (unpaired) electrons. The molecule has 1 saturated heterocycles. The van der Waals surface area contributed by atoms with Gasteiger partial charge in [-0.25, -0.2) is 9.69 Å². The topological polar surface area (TPSA) is 83.3 Å². The molecule has 146 valence electrons. The van der Waals surface area contributed by atoms with E-state index >= 15 is 0 Å². The van der Waals surface area contributed by atoms with Crippen LogP contribution in [-0.2, 0) is 9.59 Å². The molecule has 1 fully saturated rings. The van der Waals surface area contributed by atoms with Gasteiger partial charge >= 0.3 is 6.03 Å². The zero-order valence-corrected chi connectivity index (χ0v) is 16.3. The third kappa shape index (κ3) is 5.01. The van der Waals surface area contributed by atoms with E-state index in [1.807, 2.05) is 6.92 Å². The molecule has 1 atom stereocenters. The molecule has 0 aliphatic carbocycles. The summed E-state index contributed by atoms with van der Waals surface area (Å²) in [7, 11) is 0. The molecule has 1 aromatic rings. The van der Waals surface area contributed by atoms with E-state index in [0.29, 0.717) is 24.4 Å². The first kappa shape index (κ1) is 20.8. The SMILES string of the molecule is CCC(=NCCC[NH+](CC)CC)C1C(=O)NC(=O)N(c2ccccc2)C1=O. The van der Waals surface area contributed by atoms with Crippen LogP contribution in [0.5, 0.6) is 0 Å². The van der Waals surface area contributed by atoms with E-state index in [9.17, 15) is 14.4 Å². The molecule has 1 aliphatic rings. The summed E-state index contributed by atoms with van der Waals surface area (Å²) in [5, 5.41) is 2.29. The van der Waals surface area contributed by atoms with E-state index in [2.05, 4.69) is 24.2 Å². The summed E-state index contributed by atoms with van der Waals surface area (Å²) in [4.78, 5) is 44.6. The van der Waals surface area contributed by atoms with Crippen LogP contribution in [0.3, 0.4) is 0 Å². The highest BCUT2D eigenvalue weighted by Gasteiger charge is 2.43. The van der Waals surface area contributed by atoms with Crippen molar-refractivity contribution in [3.05, 3.63) is 30.3 Å². The Bertz CT molecular complexity index is 698. The fourth-order valence-corrected chi connectivity index (χ4v) is 3.25. The lowest BCUT2D eigenvalue weighted by Gasteiger charge is -2.30. The standard InChI is InChI=1S/C20H28N4O3/c1-4-16(21-13-10-14-23(5-2)6-3)17-18(25)22-20(27)24(19(17)26)15-11-8-7-9-12-15/h7-9,11-12,17H,4-6,10,13-14H2,1-3H3,(H,22,25,27)/p+1. The molecule has 7 heteroatoms. The van der Waals surface area contributed by atoms with Crippen LogP contribution < -0.4 is 15.1 Å². The highest BCUT2D eigenvalue weighted by Crippen LogP contribution is 2.22. The summed E-state index contributed by atoms with van der Waals surface area (Å²) in [5.74, 6) is -2.18. The van der Waals surface area contributed by atoms with Crippen molar-refractivity contribution in [1.82, 2.24) is 5.32 Å². The molecule has 2 rings (SSSR count). The average molecular weight is 373 g/mol. The van der Waals surface area contributed by atoms with Gasteiger partial charge in [0.25, 0.3) is 5.91 Å². The summed E-state index contributed by atoms with van der Waals surface area (Å²) >= 11 is 0. The lowest BCUT2D eigenvalue weighted by molar-refractivity contribution is -0.896. The van der Waals surface area contributed by atoms with Crippen LogP contribution in [0.1, 0.15) is 33.6 Å². The average Bonchev–Trinajstić information content (AvgIpc) is 2.67. The molecular weight excluding hydrogens is 344 g/mol. The Hall–Kier alpha value is -2.54. The third-order valence-electron chi connectivity index (χ3n) is 4.88. The van der Waals surface area contributed by atoms with Crippen molar-refractivity contribution in [3.8, 4) is 0 Å². The van der Waals surface area contributed by atoms with E-state index in [-0.39, 0.29) is 0 Å². The fraction of sp³-hybridized carbons (Fsp3) is 0.500. The van der Waals surface area contributed by atoms with Gasteiger partial charge in [0.2, 0.25) is 5.91 Å². The summed E-state index contributed by atoms with van der Waals surface area (Å²) in [6.45, 7) is 9.89. The molecule has 1 aliphatic heterocycles. The van der Waals surface area contributed by atoms with Crippen molar-refractivity contribution in [3.63, 3.8) is 0 Å². The molecule has 0 saturated carbocycles. The number of para-hydroxylation sites is 1. The van der Waals surface area contributed by atoms with Crippen molar-refractivity contribution in [2.75, 3.05) is 31.1 Å². The number of carbonyl (C=O) groups excluding carboxylic acids is 3. The molecule has 7 nitrogen and oxygen atoms in total. The van der Waals surface area contributed by atoms with Crippen LogP contribution in [0, 0.1) is 5.92 Å². The molecule has 0 aromatic heterocycles. The third-order valence-corrected chi connectivity index (χ3v) is 4.88. The minimum absolute atomic E-state index is 0.443. The van der Waals surface area contributed by atoms with E-state index in [1.165, 1.54) is 4.90 Å². The summed E-state index contributed by atoms with van der Waals surface area (Å²) in [5.41, 5.74) is 0.971. The molecule has 1 unspecified atom stereocenters. The number of carbonyl (C=O) groups is 3. The van der Waals surface area contributed by atoms with Crippen LogP contribution in [0.4, 0.5) is 10.5 Å². The number of hydrogen-bond donors (Lipinski definition) is 2. The lowest BCUT2D eigenvalue weighted by atomic mass is 9.96. The van der Waals surface area contributed by atoms with Gasteiger partial charge in [0, 0.05) is 18.7 Å². The number of nitrogens with zero attached hydrogens (tertiary/aromatic N) is 2. The Morgan fingerprint density at radius 3 is 2.37 bits per heavy atom. The van der Waals surface area contributed by atoms with Gasteiger partial charge in [-0.3, -0.25) is 19.9 Å². The van der Waals surface area contributed by atoms with Crippen LogP contribution in [0.15, 0.2) is 35.3 Å². The van der Waals surface area contributed by atoms with Gasteiger partial charge in [0.15, 0.2) is 5.92 Å². The normalized spacial score (nSPS) is 18.2. The minimum Gasteiger partial charge on any atom is -0.335 e. The van der Waals surface area contributed by atoms with Gasteiger partial charge in [0.1, 0.15) is 0 Å². The lowest BCUT2D eigenvalue weighted by Crippen LogP contribution is -3.11. The number of amides is 4. The molecule has 1 heterocycles. The number of urea groups is 1. The Morgan fingerprint density at radius 1 is 1.11 bits per heavy atom. The molecule has 1 aromatic carbocycles. The van der Waals surface area contributed by atoms with E-state index in [0.717, 1.165) is 31.0 Å². The number of benzene rings is 1. The zero-order valence-electron chi connectivity index (χ0n) is 16.3. The second-order valence-electron chi connectivity index (χ2n) is 6.52. The molecule has 27 heavy (non-hydrogen) atoms. The maximum absolute atomic E-state index is 12.9. The number of quaternary nitrogens is 1. The van der Waals surface area contributed by atoms with Crippen LogP contribution in [0.25, 0.3) is 0 Å². The monoisotopic (exact) mass is 373 g/mol. The van der Waals surface area contributed by atoms with Gasteiger partial charge in [-0.05, 0) is 32.4 Å². The Morgan fingerprint density at radius 2 is 1.78 bits per heavy atom. The van der Waals surface area contributed by atoms with Crippen LogP contribution >= 0.6 is 0 Å². The first-order valence-electron chi connectivity index (χ1n) is 9.64. The van der Waals surface area contributed by atoms with E-state index in [4.69, 9.17) is 0 Å². The minimum atomic E-state index is -1.05. The van der Waals surface area contributed by atoms with Gasteiger partial charge in [-0.15, -0.1) is 0 Å². The smallest absolute Gasteiger partial charge is 0.335 e. The quantitative estimate of drug-likeness (QED) is 0.386. The Balaban J connectivity index is 2.15. The number of nitrogens with one attached hydrogen (secondary N) is 2. The molecule has 0 spiro atoms. The zero-order chi connectivity index (χ0) is 19.8. The number of anilines is 1. The highest BCUT2D eigenvalue weighted by molar-refractivity contribution is 6.35. The van der Waals surface area contributed by atoms with Gasteiger partial charge < -0.3 is 4.90 Å². The number of aliphatic imine (C=N–C) groups is 1. The van der Waals surface area contributed by atoms with Gasteiger partial charge in [0.05, 0.1) is 25.3 Å². The first-order chi connectivity index (χ1) is 13.0. The van der Waals surface area contributed by atoms with Crippen molar-refractivity contribution < 1.29 is 19.3 Å². The van der Waals surface area contributed by atoms with Crippen molar-refractivity contribution in [2.45, 2.75) is 33.6 Å². The van der Waals surface area contributed by atoms with Crippen molar-refractivity contribution >= 4 is 29.2 Å². The second-order valence-corrected chi connectivity index (χ2v) is 6.52. The molecule has 0 bridgehead atoms. The van der Waals surface area contributed by atoms with E-state index in [1.54, 1.807) is 30.3 Å². The Labute approximate surface area is 160 Å². The van der Waals surface area contributed by atoms with Crippen molar-refractivity contribution in [2.24, 2.45) is 10.9 Å². The van der Waals surface area contributed by atoms with Crippen LogP contribution in [0.2, 0.25) is 0 Å². The van der Waals surface area contributed by atoms with E-state index < -0.39 is 23.8 Å². The molecule has 2 N–H and O–H groups in total. The maximum atomic E-state index is 12.9. The largest absolute Gasteiger partial charge is 0.335 e. The van der Waals surface area contributed by atoms with Gasteiger partial charge in [-0.1, -0.05) is 25.1 Å². The maximum Gasteiger partial charge on any atom is 0.335 e. The van der Waals surface area contributed by atoms with Gasteiger partial charge in [-0.2, -0.15) is 0 Å². The summed E-state index contributed by atoms with van der Waals surface area (Å²) in [6.07, 6.45) is 1.38. The first-order valence-corrected chi connectivity index (χ1v) is 9.64.